The van der Waals surface area contributed by atoms with Gasteiger partial charge in [-0.25, -0.2) is 0 Å². The number of nitrogens with zero attached hydrogens (tertiary/aromatic N) is 1. The van der Waals surface area contributed by atoms with Crippen molar-refractivity contribution in [1.82, 2.24) is 10.3 Å². The molecule has 1 N–H and O–H groups in total. The van der Waals surface area contributed by atoms with Gasteiger partial charge in [0.2, 0.25) is 0 Å². The molecule has 0 aliphatic carbocycles. The number of aromatic nitrogens is 1. The maximum Gasteiger partial charge on any atom is 0.135 e. The lowest BCUT2D eigenvalue weighted by atomic mass is 10.2. The molecule has 1 aromatic heterocycles. The van der Waals surface area contributed by atoms with E-state index in [1.54, 1.807) is 0 Å². The van der Waals surface area contributed by atoms with Crippen LogP contribution in [0.15, 0.2) is 36.5 Å². The van der Waals surface area contributed by atoms with E-state index in [-0.39, 0.29) is 0 Å². The van der Waals surface area contributed by atoms with E-state index >= 15 is 0 Å². The predicted molar refractivity (Wildman–Crippen MR) is 84.0 cm³/mol. The molecule has 0 atom stereocenters. The van der Waals surface area contributed by atoms with Gasteiger partial charge in [-0.1, -0.05) is 13.0 Å². The lowest BCUT2D eigenvalue weighted by Gasteiger charge is -2.13. The number of ether oxygens (including phenoxy) is 2. The SMILES string of the molecule is CCNCc1cnc(C)cc1Oc1cccc(OCC)c1. The molecule has 0 saturated heterocycles. The zero-order valence-corrected chi connectivity index (χ0v) is 12.8. The molecular formula is C17H22N2O2. The summed E-state index contributed by atoms with van der Waals surface area (Å²) in [5, 5.41) is 3.30. The molecule has 0 saturated carbocycles. The Morgan fingerprint density at radius 3 is 2.71 bits per heavy atom. The Bertz CT molecular complexity index is 585. The zero-order valence-electron chi connectivity index (χ0n) is 12.8. The van der Waals surface area contributed by atoms with Crippen LogP contribution in [0.5, 0.6) is 17.2 Å². The predicted octanol–water partition coefficient (Wildman–Crippen LogP) is 3.69. The van der Waals surface area contributed by atoms with Gasteiger partial charge in [0.15, 0.2) is 0 Å². The number of pyridine rings is 1. The molecule has 4 nitrogen and oxygen atoms in total. The molecule has 0 fully saturated rings. The normalized spacial score (nSPS) is 10.4. The number of rotatable bonds is 7. The topological polar surface area (TPSA) is 43.4 Å². The van der Waals surface area contributed by atoms with Crippen molar-refractivity contribution in [3.63, 3.8) is 0 Å². The molecule has 21 heavy (non-hydrogen) atoms. The van der Waals surface area contributed by atoms with Crippen LogP contribution in [0, 0.1) is 6.92 Å². The molecule has 2 aromatic rings. The molecule has 1 aromatic carbocycles. The average molecular weight is 286 g/mol. The fourth-order valence-electron chi connectivity index (χ4n) is 1.97. The van der Waals surface area contributed by atoms with E-state index in [2.05, 4.69) is 17.2 Å². The Hall–Kier alpha value is -2.07. The molecule has 2 rings (SSSR count). The largest absolute Gasteiger partial charge is 0.494 e. The first-order valence-electron chi connectivity index (χ1n) is 7.30. The second-order valence-corrected chi connectivity index (χ2v) is 4.72. The van der Waals surface area contributed by atoms with Crippen molar-refractivity contribution in [2.45, 2.75) is 27.3 Å². The summed E-state index contributed by atoms with van der Waals surface area (Å²) in [6.45, 7) is 8.30. The van der Waals surface area contributed by atoms with Gasteiger partial charge in [-0.05, 0) is 32.5 Å². The third-order valence-corrected chi connectivity index (χ3v) is 2.99. The van der Waals surface area contributed by atoms with Crippen LogP contribution >= 0.6 is 0 Å². The van der Waals surface area contributed by atoms with Crippen molar-refractivity contribution >= 4 is 0 Å². The van der Waals surface area contributed by atoms with Crippen LogP contribution in [-0.2, 0) is 6.54 Å². The van der Waals surface area contributed by atoms with E-state index in [1.165, 1.54) is 0 Å². The van der Waals surface area contributed by atoms with Crippen molar-refractivity contribution in [2.24, 2.45) is 0 Å². The van der Waals surface area contributed by atoms with Gasteiger partial charge in [0.05, 0.1) is 6.61 Å². The standard InChI is InChI=1S/C17H22N2O2/c1-4-18-11-14-12-19-13(3)9-17(14)21-16-8-6-7-15(10-16)20-5-2/h6-10,12,18H,4-5,11H2,1-3H3. The Kier molecular flexibility index (Phi) is 5.58. The molecule has 112 valence electrons. The van der Waals surface area contributed by atoms with Crippen LogP contribution in [-0.4, -0.2) is 18.1 Å². The van der Waals surface area contributed by atoms with Gasteiger partial charge in [0.25, 0.3) is 0 Å². The maximum absolute atomic E-state index is 6.01. The monoisotopic (exact) mass is 286 g/mol. The fraction of sp³-hybridized carbons (Fsp3) is 0.353. The fourth-order valence-corrected chi connectivity index (χ4v) is 1.97. The summed E-state index contributed by atoms with van der Waals surface area (Å²) in [5.41, 5.74) is 1.98. The third-order valence-electron chi connectivity index (χ3n) is 2.99. The van der Waals surface area contributed by atoms with Crippen molar-refractivity contribution in [3.8, 4) is 17.2 Å². The van der Waals surface area contributed by atoms with Crippen LogP contribution < -0.4 is 14.8 Å². The quantitative estimate of drug-likeness (QED) is 0.843. The summed E-state index contributed by atoms with van der Waals surface area (Å²) < 4.78 is 11.5. The summed E-state index contributed by atoms with van der Waals surface area (Å²) in [6, 6.07) is 9.64. The summed E-state index contributed by atoms with van der Waals surface area (Å²) in [4.78, 5) is 4.34. The van der Waals surface area contributed by atoms with Crippen LogP contribution in [0.3, 0.4) is 0 Å². The van der Waals surface area contributed by atoms with Crippen molar-refractivity contribution in [3.05, 3.63) is 47.8 Å². The highest BCUT2D eigenvalue weighted by Gasteiger charge is 2.07. The molecular weight excluding hydrogens is 264 g/mol. The van der Waals surface area contributed by atoms with E-state index in [9.17, 15) is 0 Å². The third kappa shape index (κ3) is 4.46. The van der Waals surface area contributed by atoms with Crippen LogP contribution in [0.1, 0.15) is 25.1 Å². The Morgan fingerprint density at radius 2 is 1.95 bits per heavy atom. The van der Waals surface area contributed by atoms with Crippen LogP contribution in [0.2, 0.25) is 0 Å². The van der Waals surface area contributed by atoms with E-state index < -0.39 is 0 Å². The molecule has 0 unspecified atom stereocenters. The van der Waals surface area contributed by atoms with Crippen molar-refractivity contribution < 1.29 is 9.47 Å². The summed E-state index contributed by atoms with van der Waals surface area (Å²) in [7, 11) is 0. The molecule has 4 heteroatoms. The molecule has 1 heterocycles. The van der Waals surface area contributed by atoms with Crippen LogP contribution in [0.25, 0.3) is 0 Å². The molecule has 0 spiro atoms. The van der Waals surface area contributed by atoms with Crippen LogP contribution in [0.4, 0.5) is 0 Å². The summed E-state index contributed by atoms with van der Waals surface area (Å²) >= 11 is 0. The minimum absolute atomic E-state index is 0.642. The maximum atomic E-state index is 6.01. The first kappa shape index (κ1) is 15.3. The molecule has 0 radical (unpaired) electrons. The van der Waals surface area contributed by atoms with Gasteiger partial charge < -0.3 is 14.8 Å². The summed E-state index contributed by atoms with van der Waals surface area (Å²) in [6.07, 6.45) is 1.86. The van der Waals surface area contributed by atoms with Gasteiger partial charge in [-0.15, -0.1) is 0 Å². The van der Waals surface area contributed by atoms with Gasteiger partial charge in [-0.2, -0.15) is 0 Å². The molecule has 0 aliphatic rings. The number of hydrogen-bond donors (Lipinski definition) is 1. The van der Waals surface area contributed by atoms with Gasteiger partial charge >= 0.3 is 0 Å². The first-order valence-corrected chi connectivity index (χ1v) is 7.30. The minimum atomic E-state index is 0.642. The van der Waals surface area contributed by atoms with Crippen molar-refractivity contribution in [2.75, 3.05) is 13.2 Å². The van der Waals surface area contributed by atoms with E-state index in [0.29, 0.717) is 6.61 Å². The first-order chi connectivity index (χ1) is 10.2. The Balaban J connectivity index is 2.21. The molecule has 0 bridgehead atoms. The van der Waals surface area contributed by atoms with Gasteiger partial charge in [0, 0.05) is 36.1 Å². The Morgan fingerprint density at radius 1 is 1.14 bits per heavy atom. The number of benzene rings is 1. The lowest BCUT2D eigenvalue weighted by Crippen LogP contribution is -2.12. The zero-order chi connectivity index (χ0) is 15.1. The number of nitrogens with one attached hydrogen (secondary N) is 1. The minimum Gasteiger partial charge on any atom is -0.494 e. The van der Waals surface area contributed by atoms with E-state index in [4.69, 9.17) is 9.47 Å². The smallest absolute Gasteiger partial charge is 0.135 e. The molecule has 0 amide bonds. The van der Waals surface area contributed by atoms with Gasteiger partial charge in [0.1, 0.15) is 17.2 Å². The highest BCUT2D eigenvalue weighted by Crippen LogP contribution is 2.28. The Labute approximate surface area is 126 Å². The second-order valence-electron chi connectivity index (χ2n) is 4.72. The summed E-state index contributed by atoms with van der Waals surface area (Å²) in [5.74, 6) is 2.41. The average Bonchev–Trinajstić information content (AvgIpc) is 2.47. The second kappa shape index (κ2) is 7.64. The number of aryl methyl sites for hydroxylation is 1. The van der Waals surface area contributed by atoms with Gasteiger partial charge in [-0.3, -0.25) is 4.98 Å². The molecule has 0 aliphatic heterocycles. The van der Waals surface area contributed by atoms with E-state index in [0.717, 1.165) is 41.6 Å². The van der Waals surface area contributed by atoms with E-state index in [1.807, 2.05) is 50.4 Å². The highest BCUT2D eigenvalue weighted by molar-refractivity contribution is 5.40. The van der Waals surface area contributed by atoms with Crippen molar-refractivity contribution in [1.29, 1.82) is 0 Å². The lowest BCUT2D eigenvalue weighted by molar-refractivity contribution is 0.338. The number of hydrogen-bond acceptors (Lipinski definition) is 4. The highest BCUT2D eigenvalue weighted by atomic mass is 16.5.